The van der Waals surface area contributed by atoms with Crippen LogP contribution in [0.5, 0.6) is 5.88 Å². The molecule has 2 aromatic rings. The van der Waals surface area contributed by atoms with Gasteiger partial charge in [0.05, 0.1) is 29.9 Å². The van der Waals surface area contributed by atoms with E-state index in [0.717, 1.165) is 5.39 Å². The third kappa shape index (κ3) is 3.31. The maximum absolute atomic E-state index is 13.1. The van der Waals surface area contributed by atoms with Gasteiger partial charge in [-0.05, 0) is 29.0 Å². The number of alkyl halides is 1. The first-order valence-corrected chi connectivity index (χ1v) is 9.28. The van der Waals surface area contributed by atoms with Gasteiger partial charge in [0.1, 0.15) is 17.4 Å². The Balaban J connectivity index is 1.57. The van der Waals surface area contributed by atoms with Crippen LogP contribution in [0.2, 0.25) is 5.15 Å². The van der Waals surface area contributed by atoms with E-state index < -0.39 is 17.6 Å². The van der Waals surface area contributed by atoms with Gasteiger partial charge in [0, 0.05) is 17.3 Å². The molecule has 0 unspecified atom stereocenters. The number of hydrogen-bond acceptors (Lipinski definition) is 5. The van der Waals surface area contributed by atoms with Crippen molar-refractivity contribution in [1.82, 2.24) is 14.9 Å². The molecule has 2 aromatic heterocycles. The number of azide groups is 1. The molecule has 1 saturated carbocycles. The van der Waals surface area contributed by atoms with Crippen LogP contribution in [0.4, 0.5) is 4.39 Å². The van der Waals surface area contributed by atoms with Crippen LogP contribution >= 0.6 is 11.6 Å². The molecule has 2 atom stereocenters. The minimum absolute atomic E-state index is 0.148. The Morgan fingerprint density at radius 3 is 2.75 bits per heavy atom. The van der Waals surface area contributed by atoms with E-state index >= 15 is 0 Å². The summed E-state index contributed by atoms with van der Waals surface area (Å²) in [5, 5.41) is 5.51. The summed E-state index contributed by atoms with van der Waals surface area (Å²) in [4.78, 5) is 25.0. The second-order valence-electron chi connectivity index (χ2n) is 7.62. The van der Waals surface area contributed by atoms with Crippen molar-refractivity contribution in [1.29, 1.82) is 0 Å². The third-order valence-electron chi connectivity index (χ3n) is 5.12. The van der Waals surface area contributed by atoms with E-state index in [1.165, 1.54) is 0 Å². The number of amides is 1. The van der Waals surface area contributed by atoms with Crippen molar-refractivity contribution in [3.63, 3.8) is 0 Å². The van der Waals surface area contributed by atoms with Crippen LogP contribution in [0.25, 0.3) is 21.2 Å². The van der Waals surface area contributed by atoms with E-state index in [0.29, 0.717) is 41.5 Å². The number of hydrogen-bond donors (Lipinski definition) is 0. The number of halogens is 2. The molecule has 1 amide bonds. The predicted molar refractivity (Wildman–Crippen MR) is 101 cm³/mol. The molecule has 146 valence electrons. The fourth-order valence-electron chi connectivity index (χ4n) is 3.34. The summed E-state index contributed by atoms with van der Waals surface area (Å²) >= 11 is 6.07. The normalized spacial score (nSPS) is 21.8. The van der Waals surface area contributed by atoms with Crippen LogP contribution in [0.1, 0.15) is 25.8 Å². The smallest absolute Gasteiger partial charge is 0.228 e. The topological polar surface area (TPSA) is 104 Å². The van der Waals surface area contributed by atoms with Gasteiger partial charge < -0.3 is 9.64 Å². The quantitative estimate of drug-likeness (QED) is 0.327. The second-order valence-corrected chi connectivity index (χ2v) is 8.01. The standard InChI is InChI=1S/C18H18ClFN6O2/c1-18(2,24-25-21)13-6-23-16(12-5-22-15(19)4-10(12)13)28-9-7-26(8-9)17(27)11-3-14(11)20/h4-6,9,11,14H,3,7-8H2,1-2H3/t11-,14+/m0/s1. The van der Waals surface area contributed by atoms with E-state index in [2.05, 4.69) is 20.0 Å². The van der Waals surface area contributed by atoms with Crippen LogP contribution in [-0.4, -0.2) is 46.1 Å². The lowest BCUT2D eigenvalue weighted by molar-refractivity contribution is -0.141. The van der Waals surface area contributed by atoms with E-state index in [4.69, 9.17) is 21.9 Å². The molecule has 3 heterocycles. The highest BCUT2D eigenvalue weighted by molar-refractivity contribution is 6.30. The summed E-state index contributed by atoms with van der Waals surface area (Å²) in [5.41, 5.74) is 8.71. The van der Waals surface area contributed by atoms with Gasteiger partial charge in [0.25, 0.3) is 0 Å². The highest BCUT2D eigenvalue weighted by Gasteiger charge is 2.48. The number of fused-ring (bicyclic) bond motifs is 1. The van der Waals surface area contributed by atoms with Gasteiger partial charge in [0.15, 0.2) is 0 Å². The van der Waals surface area contributed by atoms with Crippen LogP contribution < -0.4 is 4.74 Å². The number of aromatic nitrogens is 2. The van der Waals surface area contributed by atoms with Crippen LogP contribution in [0.3, 0.4) is 0 Å². The van der Waals surface area contributed by atoms with Gasteiger partial charge in [0.2, 0.25) is 11.8 Å². The lowest BCUT2D eigenvalue weighted by Gasteiger charge is -2.39. The number of rotatable bonds is 5. The molecule has 2 aliphatic rings. The Morgan fingerprint density at radius 1 is 1.39 bits per heavy atom. The molecular formula is C18H18ClFN6O2. The van der Waals surface area contributed by atoms with Crippen molar-refractivity contribution >= 4 is 28.3 Å². The predicted octanol–water partition coefficient (Wildman–Crippen LogP) is 3.78. The Hall–Kier alpha value is -2.64. The van der Waals surface area contributed by atoms with Gasteiger partial charge in [-0.1, -0.05) is 30.6 Å². The number of nitrogens with zero attached hydrogens (tertiary/aromatic N) is 6. The molecule has 10 heteroatoms. The Kier molecular flexibility index (Phi) is 4.51. The van der Waals surface area contributed by atoms with Gasteiger partial charge in [-0.3, -0.25) is 4.79 Å². The Labute approximate surface area is 165 Å². The maximum Gasteiger partial charge on any atom is 0.228 e. The number of carbonyl (C=O) groups excluding carboxylic acids is 1. The first-order valence-electron chi connectivity index (χ1n) is 8.90. The molecule has 1 aliphatic heterocycles. The third-order valence-corrected chi connectivity index (χ3v) is 5.33. The monoisotopic (exact) mass is 404 g/mol. The molecule has 4 rings (SSSR count). The molecule has 8 nitrogen and oxygen atoms in total. The largest absolute Gasteiger partial charge is 0.470 e. The Bertz CT molecular complexity index is 1000. The minimum atomic E-state index is -0.999. The van der Waals surface area contributed by atoms with E-state index in [1.54, 1.807) is 37.2 Å². The highest BCUT2D eigenvalue weighted by Crippen LogP contribution is 2.38. The molecule has 2 fully saturated rings. The van der Waals surface area contributed by atoms with Crippen molar-refractivity contribution in [2.45, 2.75) is 38.1 Å². The summed E-state index contributed by atoms with van der Waals surface area (Å²) in [6, 6.07) is 1.68. The molecule has 1 aliphatic carbocycles. The highest BCUT2D eigenvalue weighted by atomic mass is 35.5. The lowest BCUT2D eigenvalue weighted by Crippen LogP contribution is -2.56. The molecule has 0 spiro atoms. The zero-order valence-corrected chi connectivity index (χ0v) is 16.1. The summed E-state index contributed by atoms with van der Waals surface area (Å²) < 4.78 is 19.0. The van der Waals surface area contributed by atoms with Crippen LogP contribution in [0.15, 0.2) is 23.6 Å². The van der Waals surface area contributed by atoms with Gasteiger partial charge >= 0.3 is 0 Å². The summed E-state index contributed by atoms with van der Waals surface area (Å²) in [5.74, 6) is -0.259. The van der Waals surface area contributed by atoms with Crippen molar-refractivity contribution < 1.29 is 13.9 Å². The maximum atomic E-state index is 13.1. The SMILES string of the molecule is CC(C)(N=[N+]=[N-])c1cnc(OC2CN(C(=O)[C@H]3C[C@H]3F)C2)c2cnc(Cl)cc12. The molecule has 1 saturated heterocycles. The zero-order chi connectivity index (χ0) is 20.1. The van der Waals surface area contributed by atoms with Crippen molar-refractivity contribution in [2.24, 2.45) is 11.0 Å². The van der Waals surface area contributed by atoms with E-state index in [1.807, 2.05) is 0 Å². The van der Waals surface area contributed by atoms with Gasteiger partial charge in [-0.2, -0.15) is 0 Å². The van der Waals surface area contributed by atoms with Crippen LogP contribution in [0, 0.1) is 5.92 Å². The first-order chi connectivity index (χ1) is 13.3. The molecule has 0 radical (unpaired) electrons. The second kappa shape index (κ2) is 6.76. The van der Waals surface area contributed by atoms with Crippen molar-refractivity contribution in [3.8, 4) is 5.88 Å². The number of ether oxygens (including phenoxy) is 1. The van der Waals surface area contributed by atoms with Crippen LogP contribution in [-0.2, 0) is 10.3 Å². The molecular weight excluding hydrogens is 387 g/mol. The summed E-state index contributed by atoms with van der Waals surface area (Å²) in [6.07, 6.45) is 2.27. The summed E-state index contributed by atoms with van der Waals surface area (Å²) in [7, 11) is 0. The van der Waals surface area contributed by atoms with Crippen molar-refractivity contribution in [2.75, 3.05) is 13.1 Å². The average molecular weight is 405 g/mol. The van der Waals surface area contributed by atoms with E-state index in [-0.39, 0.29) is 12.0 Å². The summed E-state index contributed by atoms with van der Waals surface area (Å²) in [6.45, 7) is 4.36. The molecule has 28 heavy (non-hydrogen) atoms. The van der Waals surface area contributed by atoms with Gasteiger partial charge in [-0.25, -0.2) is 14.4 Å². The van der Waals surface area contributed by atoms with E-state index in [9.17, 15) is 9.18 Å². The molecule has 0 bridgehead atoms. The minimum Gasteiger partial charge on any atom is -0.470 e. The Morgan fingerprint density at radius 2 is 2.11 bits per heavy atom. The molecule has 0 aromatic carbocycles. The van der Waals surface area contributed by atoms with Crippen molar-refractivity contribution in [3.05, 3.63) is 39.6 Å². The average Bonchev–Trinajstić information content (AvgIpc) is 3.33. The number of carbonyl (C=O) groups is 1. The fourth-order valence-corrected chi connectivity index (χ4v) is 3.49. The first kappa shape index (κ1) is 18.7. The lowest BCUT2D eigenvalue weighted by atomic mass is 9.93. The molecule has 0 N–H and O–H groups in total. The fraction of sp³-hybridized carbons (Fsp3) is 0.500. The zero-order valence-electron chi connectivity index (χ0n) is 15.3. The number of likely N-dealkylation sites (tertiary alicyclic amines) is 1. The number of pyridine rings is 2. The van der Waals surface area contributed by atoms with Gasteiger partial charge in [-0.15, -0.1) is 0 Å².